The quantitative estimate of drug-likeness (QED) is 0.457. The van der Waals surface area contributed by atoms with Crippen LogP contribution >= 0.6 is 0 Å². The fourth-order valence-corrected chi connectivity index (χ4v) is 0.596. The number of hydrogen-bond acceptors (Lipinski definition) is 3. The van der Waals surface area contributed by atoms with E-state index in [1.54, 1.807) is 0 Å². The van der Waals surface area contributed by atoms with Gasteiger partial charge in [-0.3, -0.25) is 0 Å². The summed E-state index contributed by atoms with van der Waals surface area (Å²) in [6.07, 6.45) is 0. The van der Waals surface area contributed by atoms with E-state index in [4.69, 9.17) is 0 Å². The topological polar surface area (TPSA) is 27.6 Å². The van der Waals surface area contributed by atoms with Gasteiger partial charge in [-0.15, -0.1) is 5.10 Å². The monoisotopic (exact) mass is 129 g/mol. The van der Waals surface area contributed by atoms with Gasteiger partial charge in [0, 0.05) is 6.92 Å². The van der Waals surface area contributed by atoms with Crippen molar-refractivity contribution >= 4 is 5.84 Å². The number of nitrogens with zero attached hydrogens (tertiary/aromatic N) is 3. The Hall–Kier alpha value is -0.610. The zero-order chi connectivity index (χ0) is 7.07. The summed E-state index contributed by atoms with van der Waals surface area (Å²) in [6.45, 7) is 2.00. The molecule has 1 rings (SSSR count). The molecule has 0 unspecified atom stereocenters. The molecule has 1 heterocycles. The molecular formula is C5H13N4+. The molecule has 4 nitrogen and oxygen atoms in total. The maximum absolute atomic E-state index is 4.03. The molecule has 0 aromatic rings. The minimum absolute atomic E-state index is 0.694. The van der Waals surface area contributed by atoms with Gasteiger partial charge in [0.15, 0.2) is 0 Å². The molecule has 4 heteroatoms. The molecule has 0 aromatic carbocycles. The molecule has 0 atom stereocenters. The van der Waals surface area contributed by atoms with E-state index in [9.17, 15) is 0 Å². The number of quaternary nitrogens is 1. The SMILES string of the molecule is CC1=NNN(C)[N+]1(C)C. The van der Waals surface area contributed by atoms with Crippen LogP contribution in [0.25, 0.3) is 0 Å². The molecule has 0 bridgehead atoms. The van der Waals surface area contributed by atoms with Crippen LogP contribution in [-0.2, 0) is 0 Å². The number of hydrazine groups is 1. The summed E-state index contributed by atoms with van der Waals surface area (Å²) < 4.78 is 0.694. The van der Waals surface area contributed by atoms with Gasteiger partial charge in [0.2, 0.25) is 5.84 Å². The third-order valence-electron chi connectivity index (χ3n) is 1.90. The summed E-state index contributed by atoms with van der Waals surface area (Å²) >= 11 is 0. The third kappa shape index (κ3) is 0.799. The Morgan fingerprint density at radius 3 is 2.22 bits per heavy atom. The van der Waals surface area contributed by atoms with Crippen LogP contribution in [0.3, 0.4) is 0 Å². The predicted molar refractivity (Wildman–Crippen MR) is 36.1 cm³/mol. The molecule has 0 spiro atoms. The summed E-state index contributed by atoms with van der Waals surface area (Å²) in [7, 11) is 6.09. The first kappa shape index (κ1) is 6.51. The van der Waals surface area contributed by atoms with Gasteiger partial charge in [0.1, 0.15) is 0 Å². The average Bonchev–Trinajstić information content (AvgIpc) is 1.96. The van der Waals surface area contributed by atoms with Gasteiger partial charge in [-0.25, -0.2) is 0 Å². The molecule has 1 N–H and O–H groups in total. The van der Waals surface area contributed by atoms with Gasteiger partial charge in [-0.1, -0.05) is 0 Å². The highest BCUT2D eigenvalue weighted by Gasteiger charge is 2.31. The molecule has 1 aliphatic heterocycles. The Balaban J connectivity index is 2.81. The number of hydrogen-bond donors (Lipinski definition) is 1. The fourth-order valence-electron chi connectivity index (χ4n) is 0.596. The Kier molecular flexibility index (Phi) is 1.22. The van der Waals surface area contributed by atoms with Crippen LogP contribution in [0.4, 0.5) is 0 Å². The number of rotatable bonds is 0. The molecule has 0 radical (unpaired) electrons. The van der Waals surface area contributed by atoms with Crippen LogP contribution in [-0.4, -0.2) is 36.7 Å². The van der Waals surface area contributed by atoms with Crippen molar-refractivity contribution < 1.29 is 4.59 Å². The molecule has 9 heavy (non-hydrogen) atoms. The molecule has 1 aliphatic rings. The first-order valence-corrected chi connectivity index (χ1v) is 2.94. The van der Waals surface area contributed by atoms with E-state index in [2.05, 4.69) is 24.7 Å². The summed E-state index contributed by atoms with van der Waals surface area (Å²) in [5.74, 6) is 1.07. The van der Waals surface area contributed by atoms with Crippen LogP contribution in [0.2, 0.25) is 0 Å². The molecule has 0 fully saturated rings. The minimum Gasteiger partial charge on any atom is -0.190 e. The van der Waals surface area contributed by atoms with E-state index < -0.39 is 0 Å². The van der Waals surface area contributed by atoms with Gasteiger partial charge >= 0.3 is 0 Å². The van der Waals surface area contributed by atoms with Gasteiger partial charge in [-0.05, 0) is 5.12 Å². The van der Waals surface area contributed by atoms with E-state index in [0.717, 1.165) is 5.84 Å². The van der Waals surface area contributed by atoms with E-state index in [1.807, 2.05) is 19.1 Å². The van der Waals surface area contributed by atoms with Crippen molar-refractivity contribution in [2.24, 2.45) is 5.10 Å². The zero-order valence-corrected chi connectivity index (χ0v) is 6.34. The summed E-state index contributed by atoms with van der Waals surface area (Å²) in [4.78, 5) is 0. The van der Waals surface area contributed by atoms with Crippen molar-refractivity contribution in [3.63, 3.8) is 0 Å². The lowest BCUT2D eigenvalue weighted by atomic mass is 10.6. The van der Waals surface area contributed by atoms with Gasteiger partial charge in [-0.2, -0.15) is 10.1 Å². The normalized spacial score (nSPS) is 25.6. The van der Waals surface area contributed by atoms with E-state index in [0.29, 0.717) is 4.59 Å². The molecule has 0 aliphatic carbocycles. The highest BCUT2D eigenvalue weighted by atomic mass is 16.0. The highest BCUT2D eigenvalue weighted by molar-refractivity contribution is 5.72. The van der Waals surface area contributed by atoms with Crippen molar-refractivity contribution in [1.82, 2.24) is 10.7 Å². The smallest absolute Gasteiger partial charge is 0.190 e. The van der Waals surface area contributed by atoms with E-state index >= 15 is 0 Å². The molecule has 52 valence electrons. The molecule has 0 saturated heterocycles. The largest absolute Gasteiger partial charge is 0.238 e. The molecular weight excluding hydrogens is 116 g/mol. The standard InChI is InChI=1S/C5H13N4/c1-5-6-7-8(2)9(5,3)4/h7H,1-4H3/q+1. The second kappa shape index (κ2) is 1.68. The van der Waals surface area contributed by atoms with Gasteiger partial charge < -0.3 is 0 Å². The lowest BCUT2D eigenvalue weighted by molar-refractivity contribution is -0.922. The van der Waals surface area contributed by atoms with Crippen LogP contribution in [0.15, 0.2) is 5.10 Å². The van der Waals surface area contributed by atoms with E-state index in [1.165, 1.54) is 0 Å². The van der Waals surface area contributed by atoms with E-state index in [-0.39, 0.29) is 0 Å². The van der Waals surface area contributed by atoms with Crippen LogP contribution in [0, 0.1) is 0 Å². The van der Waals surface area contributed by atoms with Crippen molar-refractivity contribution in [3.8, 4) is 0 Å². The Morgan fingerprint density at radius 2 is 2.11 bits per heavy atom. The Morgan fingerprint density at radius 1 is 1.56 bits per heavy atom. The van der Waals surface area contributed by atoms with Crippen LogP contribution < -0.4 is 5.53 Å². The summed E-state index contributed by atoms with van der Waals surface area (Å²) in [5.41, 5.74) is 2.85. The van der Waals surface area contributed by atoms with Crippen molar-refractivity contribution in [2.75, 3.05) is 21.1 Å². The first-order valence-electron chi connectivity index (χ1n) is 2.94. The van der Waals surface area contributed by atoms with Crippen molar-refractivity contribution in [3.05, 3.63) is 0 Å². The predicted octanol–water partition coefficient (Wildman–Crippen LogP) is -0.239. The molecule has 0 saturated carbocycles. The molecule has 0 amide bonds. The molecule has 0 aromatic heterocycles. The van der Waals surface area contributed by atoms with Crippen LogP contribution in [0.5, 0.6) is 0 Å². The van der Waals surface area contributed by atoms with Crippen molar-refractivity contribution in [2.45, 2.75) is 6.92 Å². The lowest BCUT2D eigenvalue weighted by Crippen LogP contribution is -2.53. The summed E-state index contributed by atoms with van der Waals surface area (Å²) in [6, 6.07) is 0. The van der Waals surface area contributed by atoms with Gasteiger partial charge in [0.25, 0.3) is 0 Å². The fraction of sp³-hybridized carbons (Fsp3) is 0.800. The Bertz CT molecular complexity index is 149. The van der Waals surface area contributed by atoms with Crippen LogP contribution in [0.1, 0.15) is 6.92 Å². The third-order valence-corrected chi connectivity index (χ3v) is 1.90. The number of nitrogens with one attached hydrogen (secondary N) is 1. The second-order valence-corrected chi connectivity index (χ2v) is 2.68. The second-order valence-electron chi connectivity index (χ2n) is 2.68. The summed E-state index contributed by atoms with van der Waals surface area (Å²) in [5, 5.41) is 5.96. The lowest BCUT2D eigenvalue weighted by Gasteiger charge is -2.27. The highest BCUT2D eigenvalue weighted by Crippen LogP contribution is 2.06. The number of hydrazone groups is 1. The Labute approximate surface area is 55.3 Å². The zero-order valence-electron chi connectivity index (χ0n) is 6.34. The maximum Gasteiger partial charge on any atom is 0.238 e. The first-order chi connectivity index (χ1) is 4.05. The number of amidine groups is 1. The average molecular weight is 129 g/mol. The maximum atomic E-state index is 4.03. The minimum atomic E-state index is 0.694. The van der Waals surface area contributed by atoms with Crippen molar-refractivity contribution in [1.29, 1.82) is 0 Å². The van der Waals surface area contributed by atoms with Gasteiger partial charge in [0.05, 0.1) is 21.1 Å².